The largest absolute Gasteiger partial charge is 0.451 e. The molecule has 0 bridgehead atoms. The Labute approximate surface area is 120 Å². The minimum atomic E-state index is -0.793. The summed E-state index contributed by atoms with van der Waals surface area (Å²) in [5.41, 5.74) is 0.467. The second-order valence-electron chi connectivity index (χ2n) is 4.50. The first-order valence-electron chi connectivity index (χ1n) is 6.06. The number of alkyl halides is 1. The van der Waals surface area contributed by atoms with Crippen LogP contribution in [-0.2, 0) is 5.88 Å². The summed E-state index contributed by atoms with van der Waals surface area (Å²) in [5.74, 6) is -0.410. The van der Waals surface area contributed by atoms with Gasteiger partial charge in [-0.2, -0.15) is 0 Å². The smallest absolute Gasteiger partial charge is 0.168 e. The van der Waals surface area contributed by atoms with Gasteiger partial charge in [-0.15, -0.1) is 11.6 Å². The van der Waals surface area contributed by atoms with Gasteiger partial charge in [-0.3, -0.25) is 0 Å². The number of hydrogen-bond acceptors (Lipinski definition) is 3. The lowest BCUT2D eigenvalue weighted by Crippen LogP contribution is -2.03. The maximum absolute atomic E-state index is 13.5. The van der Waals surface area contributed by atoms with Crippen LogP contribution >= 0.6 is 11.6 Å². The third-order valence-electron chi connectivity index (χ3n) is 2.60. The fourth-order valence-electron chi connectivity index (χ4n) is 1.56. The number of nitrogens with zero attached hydrogens (tertiary/aromatic N) is 2. The van der Waals surface area contributed by atoms with Gasteiger partial charge >= 0.3 is 0 Å². The van der Waals surface area contributed by atoms with Gasteiger partial charge in [0.05, 0.1) is 12.1 Å². The van der Waals surface area contributed by atoms with Crippen LogP contribution in [-0.4, -0.2) is 9.97 Å². The van der Waals surface area contributed by atoms with Gasteiger partial charge in [0.2, 0.25) is 0 Å². The predicted octanol–water partition coefficient (Wildman–Crippen LogP) is 4.41. The van der Waals surface area contributed by atoms with Crippen molar-refractivity contribution in [2.24, 2.45) is 0 Å². The first-order chi connectivity index (χ1) is 9.51. The van der Waals surface area contributed by atoms with E-state index in [1.807, 2.05) is 13.8 Å². The number of hydrogen-bond donors (Lipinski definition) is 0. The Bertz CT molecular complexity index is 620. The normalized spacial score (nSPS) is 10.9. The first kappa shape index (κ1) is 14.7. The van der Waals surface area contributed by atoms with Crippen LogP contribution in [0, 0.1) is 11.6 Å². The Kier molecular flexibility index (Phi) is 4.49. The molecule has 2 rings (SSSR count). The average molecular weight is 299 g/mol. The predicted molar refractivity (Wildman–Crippen MR) is 72.1 cm³/mol. The molecule has 0 saturated carbocycles. The minimum Gasteiger partial charge on any atom is -0.451 e. The zero-order valence-corrected chi connectivity index (χ0v) is 11.8. The highest BCUT2D eigenvalue weighted by atomic mass is 35.5. The molecular weight excluding hydrogens is 286 g/mol. The summed E-state index contributed by atoms with van der Waals surface area (Å²) < 4.78 is 31.7. The standard InChI is InChI=1S/C14H13ClF2N2O/c1-8(2)14-18-7-13(11(6-15)19-14)20-12-4-3-9(16)5-10(12)17/h3-5,7-8H,6H2,1-2H3. The maximum Gasteiger partial charge on any atom is 0.168 e. The Morgan fingerprint density at radius 1 is 1.25 bits per heavy atom. The van der Waals surface area contributed by atoms with E-state index >= 15 is 0 Å². The van der Waals surface area contributed by atoms with Crippen LogP contribution in [0.4, 0.5) is 8.78 Å². The Morgan fingerprint density at radius 3 is 2.60 bits per heavy atom. The summed E-state index contributed by atoms with van der Waals surface area (Å²) in [4.78, 5) is 8.41. The van der Waals surface area contributed by atoms with Gasteiger partial charge in [-0.25, -0.2) is 18.7 Å². The van der Waals surface area contributed by atoms with Crippen molar-refractivity contribution in [3.8, 4) is 11.5 Å². The van der Waals surface area contributed by atoms with Crippen molar-refractivity contribution in [1.29, 1.82) is 0 Å². The summed E-state index contributed by atoms with van der Waals surface area (Å²) in [6.07, 6.45) is 1.45. The quantitative estimate of drug-likeness (QED) is 0.784. The van der Waals surface area contributed by atoms with Crippen LogP contribution in [0.5, 0.6) is 11.5 Å². The lowest BCUT2D eigenvalue weighted by Gasteiger charge is -2.11. The Hall–Kier alpha value is -1.75. The summed E-state index contributed by atoms with van der Waals surface area (Å²) in [6, 6.07) is 3.07. The Morgan fingerprint density at radius 2 is 2.00 bits per heavy atom. The van der Waals surface area contributed by atoms with Gasteiger partial charge in [0.1, 0.15) is 17.3 Å². The molecule has 0 aliphatic carbocycles. The average Bonchev–Trinajstić information content (AvgIpc) is 2.42. The molecule has 1 heterocycles. The molecule has 0 spiro atoms. The lowest BCUT2D eigenvalue weighted by atomic mass is 10.2. The van der Waals surface area contributed by atoms with Crippen molar-refractivity contribution < 1.29 is 13.5 Å². The van der Waals surface area contributed by atoms with E-state index in [4.69, 9.17) is 16.3 Å². The van der Waals surface area contributed by atoms with Crippen molar-refractivity contribution in [3.63, 3.8) is 0 Å². The monoisotopic (exact) mass is 298 g/mol. The van der Waals surface area contributed by atoms with Gasteiger partial charge in [-0.1, -0.05) is 13.8 Å². The number of ether oxygens (including phenoxy) is 1. The molecule has 1 aromatic heterocycles. The van der Waals surface area contributed by atoms with Crippen molar-refractivity contribution >= 4 is 11.6 Å². The molecule has 6 heteroatoms. The van der Waals surface area contributed by atoms with E-state index in [9.17, 15) is 8.78 Å². The zero-order valence-electron chi connectivity index (χ0n) is 11.0. The lowest BCUT2D eigenvalue weighted by molar-refractivity contribution is 0.429. The molecule has 0 fully saturated rings. The first-order valence-corrected chi connectivity index (χ1v) is 6.59. The number of aromatic nitrogens is 2. The van der Waals surface area contributed by atoms with Gasteiger partial charge < -0.3 is 4.74 Å². The molecule has 20 heavy (non-hydrogen) atoms. The summed E-state index contributed by atoms with van der Waals surface area (Å²) in [6.45, 7) is 3.90. The second kappa shape index (κ2) is 6.13. The topological polar surface area (TPSA) is 35.0 Å². The third-order valence-corrected chi connectivity index (χ3v) is 2.86. The van der Waals surface area contributed by atoms with E-state index in [1.54, 1.807) is 0 Å². The number of halogens is 3. The summed E-state index contributed by atoms with van der Waals surface area (Å²) in [5, 5.41) is 0. The van der Waals surface area contributed by atoms with Gasteiger partial charge in [0.25, 0.3) is 0 Å². The molecule has 0 amide bonds. The molecule has 0 atom stereocenters. The molecule has 0 unspecified atom stereocenters. The van der Waals surface area contributed by atoms with Gasteiger partial charge in [-0.05, 0) is 12.1 Å². The highest BCUT2D eigenvalue weighted by molar-refractivity contribution is 6.17. The molecule has 0 aliphatic rings. The molecular formula is C14H13ClF2N2O. The van der Waals surface area contributed by atoms with E-state index in [2.05, 4.69) is 9.97 Å². The molecule has 2 aromatic rings. The number of rotatable bonds is 4. The third kappa shape index (κ3) is 3.22. The molecule has 0 saturated heterocycles. The van der Waals surface area contributed by atoms with Crippen molar-refractivity contribution in [1.82, 2.24) is 9.97 Å². The van der Waals surface area contributed by atoms with Crippen LogP contribution in [0.2, 0.25) is 0 Å². The van der Waals surface area contributed by atoms with Crippen LogP contribution in [0.15, 0.2) is 24.4 Å². The summed E-state index contributed by atoms with van der Waals surface area (Å²) in [7, 11) is 0. The van der Waals surface area contributed by atoms with E-state index in [-0.39, 0.29) is 23.3 Å². The van der Waals surface area contributed by atoms with E-state index < -0.39 is 11.6 Å². The van der Waals surface area contributed by atoms with E-state index in [0.29, 0.717) is 11.5 Å². The van der Waals surface area contributed by atoms with Crippen LogP contribution in [0.1, 0.15) is 31.3 Å². The van der Waals surface area contributed by atoms with E-state index in [0.717, 1.165) is 12.1 Å². The summed E-state index contributed by atoms with van der Waals surface area (Å²) >= 11 is 5.82. The van der Waals surface area contributed by atoms with Crippen molar-refractivity contribution in [3.05, 3.63) is 47.5 Å². The van der Waals surface area contributed by atoms with Crippen LogP contribution in [0.3, 0.4) is 0 Å². The second-order valence-corrected chi connectivity index (χ2v) is 4.77. The molecule has 1 aromatic carbocycles. The van der Waals surface area contributed by atoms with Crippen molar-refractivity contribution in [2.75, 3.05) is 0 Å². The molecule has 0 N–H and O–H groups in total. The van der Waals surface area contributed by atoms with Gasteiger partial charge in [0, 0.05) is 12.0 Å². The highest BCUT2D eigenvalue weighted by Crippen LogP contribution is 2.28. The van der Waals surface area contributed by atoms with Crippen LogP contribution in [0.25, 0.3) is 0 Å². The molecule has 106 valence electrons. The number of benzene rings is 1. The van der Waals surface area contributed by atoms with Crippen LogP contribution < -0.4 is 4.74 Å². The maximum atomic E-state index is 13.5. The fraction of sp³-hybridized carbons (Fsp3) is 0.286. The minimum absolute atomic E-state index is 0.0985. The Balaban J connectivity index is 2.33. The fourth-order valence-corrected chi connectivity index (χ4v) is 1.75. The highest BCUT2D eigenvalue weighted by Gasteiger charge is 2.13. The molecule has 0 aliphatic heterocycles. The van der Waals surface area contributed by atoms with Gasteiger partial charge in [0.15, 0.2) is 17.3 Å². The SMILES string of the molecule is CC(C)c1ncc(Oc2ccc(F)cc2F)c(CCl)n1. The van der Waals surface area contributed by atoms with Crippen molar-refractivity contribution in [2.45, 2.75) is 25.6 Å². The zero-order chi connectivity index (χ0) is 14.7. The molecule has 0 radical (unpaired) electrons. The molecule has 3 nitrogen and oxygen atoms in total. The van der Waals surface area contributed by atoms with E-state index in [1.165, 1.54) is 12.3 Å².